The summed E-state index contributed by atoms with van der Waals surface area (Å²) in [5, 5.41) is 21.9. The summed E-state index contributed by atoms with van der Waals surface area (Å²) >= 11 is 0. The number of piperidine rings is 1. The first-order valence-corrected chi connectivity index (χ1v) is 10.1. The van der Waals surface area contributed by atoms with Gasteiger partial charge in [-0.15, -0.1) is 0 Å². The van der Waals surface area contributed by atoms with E-state index in [1.165, 1.54) is 32.1 Å². The Kier molecular flexibility index (Phi) is 5.41. The molecular formula is C20H28N4O3. The minimum atomic E-state index is -1.30. The van der Waals surface area contributed by atoms with E-state index in [2.05, 4.69) is 15.6 Å². The molecule has 1 amide bonds. The van der Waals surface area contributed by atoms with E-state index in [4.69, 9.17) is 4.63 Å². The SMILES string of the molecule is O=C1N(CC2CCCCC2)CCC[C@@]1(O)CNCc1ccc2nonc2c1. The second kappa shape index (κ2) is 7.94. The number of nitrogens with one attached hydrogen (secondary N) is 1. The fourth-order valence-electron chi connectivity index (χ4n) is 4.44. The Morgan fingerprint density at radius 1 is 1.19 bits per heavy atom. The van der Waals surface area contributed by atoms with Crippen LogP contribution in [0.5, 0.6) is 0 Å². The predicted octanol–water partition coefficient (Wildman–Crippen LogP) is 2.25. The monoisotopic (exact) mass is 372 g/mol. The minimum Gasteiger partial charge on any atom is -0.379 e. The molecule has 7 heteroatoms. The number of fused-ring (bicyclic) bond motifs is 1. The first-order valence-electron chi connectivity index (χ1n) is 10.1. The van der Waals surface area contributed by atoms with Crippen molar-refractivity contribution in [3.63, 3.8) is 0 Å². The van der Waals surface area contributed by atoms with Gasteiger partial charge in [-0.3, -0.25) is 4.79 Å². The Balaban J connectivity index is 1.33. The van der Waals surface area contributed by atoms with Crippen LogP contribution < -0.4 is 5.32 Å². The summed E-state index contributed by atoms with van der Waals surface area (Å²) in [6.45, 7) is 2.40. The number of carbonyl (C=O) groups excluding carboxylic acids is 1. The van der Waals surface area contributed by atoms with Gasteiger partial charge in [0.25, 0.3) is 5.91 Å². The van der Waals surface area contributed by atoms with E-state index >= 15 is 0 Å². The number of amides is 1. The lowest BCUT2D eigenvalue weighted by molar-refractivity contribution is -0.157. The standard InChI is InChI=1S/C20H28N4O3/c25-19-20(26,9-4-10-24(19)13-15-5-2-1-3-6-15)14-21-12-16-7-8-17-18(11-16)23-27-22-17/h7-8,11,15,21,26H,1-6,9-10,12-14H2/t20-/m1/s1. The summed E-state index contributed by atoms with van der Waals surface area (Å²) in [6, 6.07) is 5.71. The average molecular weight is 372 g/mol. The van der Waals surface area contributed by atoms with E-state index in [1.807, 2.05) is 23.1 Å². The smallest absolute Gasteiger partial charge is 0.255 e. The first-order chi connectivity index (χ1) is 13.1. The molecule has 146 valence electrons. The number of benzene rings is 1. The summed E-state index contributed by atoms with van der Waals surface area (Å²) in [5.74, 6) is 0.490. The Hall–Kier alpha value is -1.99. The quantitative estimate of drug-likeness (QED) is 0.808. The van der Waals surface area contributed by atoms with Gasteiger partial charge in [0.1, 0.15) is 11.0 Å². The minimum absolute atomic E-state index is 0.108. The molecule has 1 atom stereocenters. The zero-order valence-corrected chi connectivity index (χ0v) is 15.7. The van der Waals surface area contributed by atoms with Crippen LogP contribution in [0.25, 0.3) is 11.0 Å². The summed E-state index contributed by atoms with van der Waals surface area (Å²) < 4.78 is 4.71. The Bertz CT molecular complexity index is 786. The zero-order chi connectivity index (χ0) is 18.7. The number of hydrogen-bond donors (Lipinski definition) is 2. The third-order valence-electron chi connectivity index (χ3n) is 5.97. The van der Waals surface area contributed by atoms with Gasteiger partial charge in [-0.2, -0.15) is 0 Å². The van der Waals surface area contributed by atoms with E-state index in [9.17, 15) is 9.90 Å². The molecule has 2 aromatic rings. The number of aromatic nitrogens is 2. The number of aliphatic hydroxyl groups is 1. The van der Waals surface area contributed by atoms with Crippen molar-refractivity contribution in [3.05, 3.63) is 23.8 Å². The highest BCUT2D eigenvalue weighted by atomic mass is 16.6. The molecule has 2 fully saturated rings. The molecule has 0 bridgehead atoms. The molecule has 2 aliphatic rings. The van der Waals surface area contributed by atoms with Gasteiger partial charge >= 0.3 is 0 Å². The van der Waals surface area contributed by atoms with Crippen molar-refractivity contribution in [2.45, 2.75) is 57.1 Å². The molecular weight excluding hydrogens is 344 g/mol. The molecule has 0 unspecified atom stereocenters. The van der Waals surface area contributed by atoms with E-state index in [0.29, 0.717) is 24.4 Å². The second-order valence-corrected chi connectivity index (χ2v) is 8.08. The topological polar surface area (TPSA) is 91.5 Å². The van der Waals surface area contributed by atoms with Gasteiger partial charge < -0.3 is 15.3 Å². The Morgan fingerprint density at radius 3 is 2.85 bits per heavy atom. The maximum Gasteiger partial charge on any atom is 0.255 e. The maximum absolute atomic E-state index is 12.9. The number of rotatable bonds is 6. The number of carbonyl (C=O) groups is 1. The largest absolute Gasteiger partial charge is 0.379 e. The van der Waals surface area contributed by atoms with Crippen LogP contribution in [0, 0.1) is 5.92 Å². The lowest BCUT2D eigenvalue weighted by Gasteiger charge is -2.40. The maximum atomic E-state index is 12.9. The normalized spacial score (nSPS) is 24.6. The lowest BCUT2D eigenvalue weighted by atomic mass is 9.86. The van der Waals surface area contributed by atoms with E-state index < -0.39 is 5.60 Å². The number of hydrogen-bond acceptors (Lipinski definition) is 6. The van der Waals surface area contributed by atoms with E-state index in [-0.39, 0.29) is 12.5 Å². The molecule has 0 spiro atoms. The molecule has 27 heavy (non-hydrogen) atoms. The summed E-state index contributed by atoms with van der Waals surface area (Å²) in [7, 11) is 0. The zero-order valence-electron chi connectivity index (χ0n) is 15.7. The van der Waals surface area contributed by atoms with Crippen LogP contribution >= 0.6 is 0 Å². The van der Waals surface area contributed by atoms with Crippen LogP contribution in [0.2, 0.25) is 0 Å². The van der Waals surface area contributed by atoms with Gasteiger partial charge in [0.2, 0.25) is 0 Å². The van der Waals surface area contributed by atoms with Crippen molar-refractivity contribution >= 4 is 16.9 Å². The highest BCUT2D eigenvalue weighted by molar-refractivity contribution is 5.86. The highest BCUT2D eigenvalue weighted by Gasteiger charge is 2.42. The summed E-state index contributed by atoms with van der Waals surface area (Å²) in [6.07, 6.45) is 7.64. The lowest BCUT2D eigenvalue weighted by Crippen LogP contribution is -2.58. The summed E-state index contributed by atoms with van der Waals surface area (Å²) in [5.41, 5.74) is 1.15. The first kappa shape index (κ1) is 18.4. The molecule has 1 saturated heterocycles. The average Bonchev–Trinajstić information content (AvgIpc) is 3.14. The summed E-state index contributed by atoms with van der Waals surface area (Å²) in [4.78, 5) is 14.8. The Morgan fingerprint density at radius 2 is 2.00 bits per heavy atom. The van der Waals surface area contributed by atoms with Crippen molar-refractivity contribution in [2.75, 3.05) is 19.6 Å². The molecule has 1 aromatic heterocycles. The molecule has 1 saturated carbocycles. The third kappa shape index (κ3) is 4.14. The molecule has 1 aromatic carbocycles. The van der Waals surface area contributed by atoms with Crippen molar-refractivity contribution in [1.82, 2.24) is 20.5 Å². The van der Waals surface area contributed by atoms with Gasteiger partial charge in [-0.05, 0) is 59.6 Å². The fourth-order valence-corrected chi connectivity index (χ4v) is 4.44. The molecule has 0 radical (unpaired) electrons. The van der Waals surface area contributed by atoms with Gasteiger partial charge in [0.05, 0.1) is 0 Å². The van der Waals surface area contributed by atoms with Gasteiger partial charge in [0.15, 0.2) is 5.60 Å². The molecule has 1 aliphatic heterocycles. The van der Waals surface area contributed by atoms with Gasteiger partial charge in [-0.25, -0.2) is 4.63 Å². The van der Waals surface area contributed by atoms with Crippen LogP contribution in [0.1, 0.15) is 50.5 Å². The third-order valence-corrected chi connectivity index (χ3v) is 5.97. The van der Waals surface area contributed by atoms with Crippen LogP contribution in [0.4, 0.5) is 0 Å². The predicted molar refractivity (Wildman–Crippen MR) is 101 cm³/mol. The van der Waals surface area contributed by atoms with Crippen molar-refractivity contribution in [3.8, 4) is 0 Å². The van der Waals surface area contributed by atoms with Crippen LogP contribution in [0.15, 0.2) is 22.8 Å². The molecule has 1 aliphatic carbocycles. The second-order valence-electron chi connectivity index (χ2n) is 8.08. The Labute approximate surface area is 159 Å². The van der Waals surface area contributed by atoms with Crippen LogP contribution in [-0.4, -0.2) is 51.5 Å². The van der Waals surface area contributed by atoms with E-state index in [0.717, 1.165) is 30.6 Å². The molecule has 4 rings (SSSR count). The number of likely N-dealkylation sites (tertiary alicyclic amines) is 1. The van der Waals surface area contributed by atoms with Gasteiger partial charge in [0, 0.05) is 26.2 Å². The molecule has 2 heterocycles. The van der Waals surface area contributed by atoms with Crippen molar-refractivity contribution in [1.29, 1.82) is 0 Å². The van der Waals surface area contributed by atoms with Crippen LogP contribution in [0.3, 0.4) is 0 Å². The highest BCUT2D eigenvalue weighted by Crippen LogP contribution is 2.28. The van der Waals surface area contributed by atoms with Crippen molar-refractivity contribution < 1.29 is 14.5 Å². The van der Waals surface area contributed by atoms with Gasteiger partial charge in [-0.1, -0.05) is 25.3 Å². The fraction of sp³-hybridized carbons (Fsp3) is 0.650. The molecule has 7 nitrogen and oxygen atoms in total. The molecule has 2 N–H and O–H groups in total. The number of nitrogens with zero attached hydrogens (tertiary/aromatic N) is 3. The van der Waals surface area contributed by atoms with E-state index in [1.54, 1.807) is 0 Å². The van der Waals surface area contributed by atoms with Crippen molar-refractivity contribution in [2.24, 2.45) is 5.92 Å². The van der Waals surface area contributed by atoms with Crippen LogP contribution in [-0.2, 0) is 11.3 Å².